The molecule has 0 saturated heterocycles. The van der Waals surface area contributed by atoms with E-state index in [1.807, 2.05) is 0 Å². The molecule has 0 bridgehead atoms. The Labute approximate surface area is 113 Å². The smallest absolute Gasteiger partial charge is 0.128 e. The molecular weight excluding hydrogens is 267 g/mol. The van der Waals surface area contributed by atoms with E-state index in [4.69, 9.17) is 11.6 Å². The zero-order valence-corrected chi connectivity index (χ0v) is 10.6. The molecule has 0 aliphatic rings. The molecule has 2 N–H and O–H groups in total. The second kappa shape index (κ2) is 4.55. The van der Waals surface area contributed by atoms with E-state index in [-0.39, 0.29) is 18.0 Å². The van der Waals surface area contributed by atoms with Crippen LogP contribution in [0.25, 0.3) is 11.0 Å². The fourth-order valence-electron chi connectivity index (χ4n) is 2.00. The van der Waals surface area contributed by atoms with Crippen LogP contribution in [0.5, 0.6) is 5.75 Å². The Bertz CT molecular complexity index is 734. The third-order valence-electron chi connectivity index (χ3n) is 2.92. The van der Waals surface area contributed by atoms with Crippen molar-refractivity contribution in [2.45, 2.75) is 6.42 Å². The summed E-state index contributed by atoms with van der Waals surface area (Å²) >= 11 is 5.98. The Morgan fingerprint density at radius 3 is 2.89 bits per heavy atom. The summed E-state index contributed by atoms with van der Waals surface area (Å²) in [6.07, 6.45) is 0.279. The fourth-order valence-corrected chi connectivity index (χ4v) is 2.23. The van der Waals surface area contributed by atoms with Crippen molar-refractivity contribution >= 4 is 22.6 Å². The minimum atomic E-state index is -0.351. The number of H-pyrrole nitrogens is 1. The average molecular weight is 277 g/mol. The lowest BCUT2D eigenvalue weighted by molar-refractivity contribution is 0.476. The van der Waals surface area contributed by atoms with Crippen LogP contribution in [0.1, 0.15) is 11.4 Å². The Hall–Kier alpha value is -2.07. The van der Waals surface area contributed by atoms with Gasteiger partial charge in [-0.15, -0.1) is 0 Å². The minimum absolute atomic E-state index is 0.159. The van der Waals surface area contributed by atoms with Crippen LogP contribution in [0.4, 0.5) is 4.39 Å². The predicted octanol–water partition coefficient (Wildman–Crippen LogP) is 3.65. The molecule has 0 aliphatic heterocycles. The molecule has 3 rings (SSSR count). The topological polar surface area (TPSA) is 48.9 Å². The fraction of sp³-hybridized carbons (Fsp3) is 0.0714. The molecule has 19 heavy (non-hydrogen) atoms. The summed E-state index contributed by atoms with van der Waals surface area (Å²) in [6, 6.07) is 9.42. The average Bonchev–Trinajstić information content (AvgIpc) is 2.75. The second-order valence-electron chi connectivity index (χ2n) is 4.26. The third kappa shape index (κ3) is 2.27. The molecule has 2 aromatic carbocycles. The van der Waals surface area contributed by atoms with Crippen molar-refractivity contribution < 1.29 is 9.50 Å². The van der Waals surface area contributed by atoms with Crippen LogP contribution >= 0.6 is 11.6 Å². The lowest BCUT2D eigenvalue weighted by atomic mass is 10.1. The number of aromatic amines is 1. The Kier molecular flexibility index (Phi) is 2.87. The van der Waals surface area contributed by atoms with Crippen LogP contribution in [0.2, 0.25) is 5.02 Å². The van der Waals surface area contributed by atoms with E-state index >= 15 is 0 Å². The van der Waals surface area contributed by atoms with E-state index in [0.29, 0.717) is 21.9 Å². The third-order valence-corrected chi connectivity index (χ3v) is 3.27. The lowest BCUT2D eigenvalue weighted by Gasteiger charge is -2.03. The molecule has 0 atom stereocenters. The Balaban J connectivity index is 2.01. The molecule has 0 aliphatic carbocycles. The van der Waals surface area contributed by atoms with Gasteiger partial charge in [0.2, 0.25) is 0 Å². The summed E-state index contributed by atoms with van der Waals surface area (Å²) in [7, 11) is 0. The zero-order chi connectivity index (χ0) is 13.4. The van der Waals surface area contributed by atoms with Gasteiger partial charge in [0.1, 0.15) is 17.4 Å². The molecule has 3 aromatic rings. The maximum atomic E-state index is 13.7. The summed E-state index contributed by atoms with van der Waals surface area (Å²) in [5.74, 6) is 0.412. The van der Waals surface area contributed by atoms with Crippen molar-refractivity contribution in [1.82, 2.24) is 9.97 Å². The van der Waals surface area contributed by atoms with Crippen molar-refractivity contribution in [1.29, 1.82) is 0 Å². The van der Waals surface area contributed by atoms with E-state index in [1.165, 1.54) is 6.07 Å². The molecule has 0 amide bonds. The summed E-state index contributed by atoms with van der Waals surface area (Å²) in [4.78, 5) is 7.38. The number of rotatable bonds is 2. The number of hydrogen-bond acceptors (Lipinski definition) is 2. The van der Waals surface area contributed by atoms with Crippen molar-refractivity contribution in [3.63, 3.8) is 0 Å². The minimum Gasteiger partial charge on any atom is -0.508 e. The zero-order valence-electron chi connectivity index (χ0n) is 9.82. The van der Waals surface area contributed by atoms with Gasteiger partial charge in [-0.2, -0.15) is 0 Å². The maximum Gasteiger partial charge on any atom is 0.128 e. The molecule has 3 nitrogen and oxygen atoms in total. The first-order valence-corrected chi connectivity index (χ1v) is 6.12. The van der Waals surface area contributed by atoms with Gasteiger partial charge in [0.25, 0.3) is 0 Å². The maximum absolute atomic E-state index is 13.7. The van der Waals surface area contributed by atoms with Crippen molar-refractivity contribution in [2.75, 3.05) is 0 Å². The molecule has 1 heterocycles. The number of benzene rings is 2. The first-order valence-electron chi connectivity index (χ1n) is 5.74. The van der Waals surface area contributed by atoms with Gasteiger partial charge in [-0.1, -0.05) is 17.7 Å². The largest absolute Gasteiger partial charge is 0.508 e. The van der Waals surface area contributed by atoms with E-state index in [0.717, 1.165) is 5.52 Å². The van der Waals surface area contributed by atoms with Gasteiger partial charge in [0, 0.05) is 23.1 Å². The molecule has 1 aromatic heterocycles. The van der Waals surface area contributed by atoms with Gasteiger partial charge < -0.3 is 10.1 Å². The highest BCUT2D eigenvalue weighted by Gasteiger charge is 2.11. The van der Waals surface area contributed by atoms with Crippen LogP contribution in [-0.2, 0) is 6.42 Å². The number of nitrogens with one attached hydrogen (secondary N) is 1. The molecular formula is C14H10ClFN2O. The van der Waals surface area contributed by atoms with Crippen molar-refractivity contribution in [3.8, 4) is 5.75 Å². The first-order chi connectivity index (χ1) is 9.13. The van der Waals surface area contributed by atoms with Gasteiger partial charge in [0.05, 0.1) is 11.0 Å². The highest BCUT2D eigenvalue weighted by molar-refractivity contribution is 6.31. The highest BCUT2D eigenvalue weighted by atomic mass is 35.5. The molecule has 0 spiro atoms. The molecule has 0 fully saturated rings. The summed E-state index contributed by atoms with van der Waals surface area (Å²) in [6.45, 7) is 0. The van der Waals surface area contributed by atoms with Gasteiger partial charge in [-0.25, -0.2) is 9.37 Å². The number of nitrogens with zero attached hydrogens (tertiary/aromatic N) is 1. The van der Waals surface area contributed by atoms with E-state index < -0.39 is 0 Å². The predicted molar refractivity (Wildman–Crippen MR) is 72.0 cm³/mol. The molecule has 0 saturated carbocycles. The van der Waals surface area contributed by atoms with Gasteiger partial charge in [0.15, 0.2) is 0 Å². The number of halogens is 2. The Morgan fingerprint density at radius 2 is 2.11 bits per heavy atom. The van der Waals surface area contributed by atoms with Gasteiger partial charge >= 0.3 is 0 Å². The quantitative estimate of drug-likeness (QED) is 0.750. The summed E-state index contributed by atoms with van der Waals surface area (Å²) < 4.78 is 13.7. The van der Waals surface area contributed by atoms with Crippen molar-refractivity contribution in [3.05, 3.63) is 58.6 Å². The molecule has 0 unspecified atom stereocenters. The standard InChI is InChI=1S/C14H10ClFN2O/c15-10-2-1-3-11(16)9(10)7-14-17-12-5-4-8(19)6-13(12)18-14/h1-6,19H,7H2,(H,17,18). The summed E-state index contributed by atoms with van der Waals surface area (Å²) in [5, 5.41) is 9.77. The normalized spacial score (nSPS) is 11.1. The number of aromatic nitrogens is 2. The first kappa shape index (κ1) is 12.0. The summed E-state index contributed by atoms with van der Waals surface area (Å²) in [5.41, 5.74) is 1.84. The lowest BCUT2D eigenvalue weighted by Crippen LogP contribution is -1.95. The molecule has 0 radical (unpaired) electrons. The van der Waals surface area contributed by atoms with Crippen LogP contribution in [0.15, 0.2) is 36.4 Å². The number of hydrogen-bond donors (Lipinski definition) is 2. The number of aromatic hydroxyl groups is 1. The number of phenols is 1. The van der Waals surface area contributed by atoms with E-state index in [1.54, 1.807) is 30.3 Å². The van der Waals surface area contributed by atoms with Gasteiger partial charge in [-0.05, 0) is 24.3 Å². The van der Waals surface area contributed by atoms with Crippen LogP contribution < -0.4 is 0 Å². The second-order valence-corrected chi connectivity index (χ2v) is 4.67. The Morgan fingerprint density at radius 1 is 1.26 bits per heavy atom. The van der Waals surface area contributed by atoms with Gasteiger partial charge in [-0.3, -0.25) is 0 Å². The molecule has 96 valence electrons. The number of phenolic OH excluding ortho intramolecular Hbond substituents is 1. The molecule has 5 heteroatoms. The SMILES string of the molecule is Oc1ccc2nc(Cc3c(F)cccc3Cl)[nH]c2c1. The van der Waals surface area contributed by atoms with E-state index in [9.17, 15) is 9.50 Å². The van der Waals surface area contributed by atoms with Crippen LogP contribution in [0.3, 0.4) is 0 Å². The van der Waals surface area contributed by atoms with Crippen molar-refractivity contribution in [2.24, 2.45) is 0 Å². The van der Waals surface area contributed by atoms with Crippen LogP contribution in [-0.4, -0.2) is 15.1 Å². The monoisotopic (exact) mass is 276 g/mol. The van der Waals surface area contributed by atoms with Crippen LogP contribution in [0, 0.1) is 5.82 Å². The van der Waals surface area contributed by atoms with E-state index in [2.05, 4.69) is 9.97 Å². The number of imidazole rings is 1. The number of fused-ring (bicyclic) bond motifs is 1. The highest BCUT2D eigenvalue weighted by Crippen LogP contribution is 2.23.